The summed E-state index contributed by atoms with van der Waals surface area (Å²) in [4.78, 5) is 26.3. The molecule has 2 aromatic carbocycles. The minimum atomic E-state index is -0.285. The maximum absolute atomic E-state index is 12.0. The number of benzene rings is 2. The van der Waals surface area contributed by atoms with E-state index in [0.29, 0.717) is 10.6 Å². The molecular formula is C20H24ClN3O2. The lowest BCUT2D eigenvalue weighted by Gasteiger charge is -2.21. The molecule has 2 aromatic rings. The van der Waals surface area contributed by atoms with Gasteiger partial charge in [0.2, 0.25) is 5.91 Å². The number of hydrogen-bond donors (Lipinski definition) is 2. The molecule has 2 N–H and O–H groups in total. The second kappa shape index (κ2) is 9.82. The van der Waals surface area contributed by atoms with Crippen molar-refractivity contribution in [3.8, 4) is 0 Å². The van der Waals surface area contributed by atoms with Crippen LogP contribution >= 0.6 is 11.6 Å². The van der Waals surface area contributed by atoms with Crippen LogP contribution in [-0.4, -0.2) is 31.4 Å². The molecular weight excluding hydrogens is 350 g/mol. The Morgan fingerprint density at radius 2 is 1.65 bits per heavy atom. The van der Waals surface area contributed by atoms with Crippen molar-refractivity contribution in [2.75, 3.05) is 29.9 Å². The second-order valence-corrected chi connectivity index (χ2v) is 6.16. The number of carbonyl (C=O) groups excluding carboxylic acids is 2. The van der Waals surface area contributed by atoms with E-state index in [4.69, 9.17) is 11.6 Å². The van der Waals surface area contributed by atoms with Gasteiger partial charge in [0, 0.05) is 37.4 Å². The zero-order chi connectivity index (χ0) is 18.9. The summed E-state index contributed by atoms with van der Waals surface area (Å²) in [7, 11) is 0. The molecule has 0 radical (unpaired) electrons. The topological polar surface area (TPSA) is 61.4 Å². The largest absolute Gasteiger partial charge is 0.372 e. The van der Waals surface area contributed by atoms with Crippen molar-refractivity contribution in [1.82, 2.24) is 5.32 Å². The maximum atomic E-state index is 12.0. The number of amides is 2. The van der Waals surface area contributed by atoms with Crippen molar-refractivity contribution in [3.05, 3.63) is 59.1 Å². The van der Waals surface area contributed by atoms with Gasteiger partial charge in [-0.2, -0.15) is 0 Å². The summed E-state index contributed by atoms with van der Waals surface area (Å²) in [5, 5.41) is 5.93. The SMILES string of the molecule is CCN(CC)c1ccc(NC(=O)CCNC(=O)c2ccccc2Cl)cc1. The van der Waals surface area contributed by atoms with Crippen LogP contribution in [0, 0.1) is 0 Å². The third kappa shape index (κ3) is 5.49. The average molecular weight is 374 g/mol. The molecule has 6 heteroatoms. The van der Waals surface area contributed by atoms with Gasteiger partial charge in [-0.05, 0) is 50.2 Å². The molecule has 2 rings (SSSR count). The summed E-state index contributed by atoms with van der Waals surface area (Å²) in [6.45, 7) is 6.33. The van der Waals surface area contributed by atoms with Gasteiger partial charge in [0.15, 0.2) is 0 Å². The number of halogens is 1. The van der Waals surface area contributed by atoms with E-state index >= 15 is 0 Å². The number of carbonyl (C=O) groups is 2. The number of rotatable bonds is 8. The Kier molecular flexibility index (Phi) is 7.48. The molecule has 0 aromatic heterocycles. The monoisotopic (exact) mass is 373 g/mol. The van der Waals surface area contributed by atoms with Crippen LogP contribution in [0.1, 0.15) is 30.6 Å². The Labute approximate surface area is 159 Å². The Hall–Kier alpha value is -2.53. The molecule has 5 nitrogen and oxygen atoms in total. The fraction of sp³-hybridized carbons (Fsp3) is 0.300. The second-order valence-electron chi connectivity index (χ2n) is 5.75. The van der Waals surface area contributed by atoms with Gasteiger partial charge in [-0.1, -0.05) is 23.7 Å². The lowest BCUT2D eigenvalue weighted by Crippen LogP contribution is -2.27. The lowest BCUT2D eigenvalue weighted by atomic mass is 10.2. The van der Waals surface area contributed by atoms with Gasteiger partial charge in [0.1, 0.15) is 0 Å². The Balaban J connectivity index is 1.80. The molecule has 138 valence electrons. The van der Waals surface area contributed by atoms with Gasteiger partial charge in [-0.3, -0.25) is 9.59 Å². The molecule has 0 aliphatic heterocycles. The van der Waals surface area contributed by atoms with Crippen LogP contribution in [-0.2, 0) is 4.79 Å². The van der Waals surface area contributed by atoms with Crippen molar-refractivity contribution in [3.63, 3.8) is 0 Å². The first-order valence-electron chi connectivity index (χ1n) is 8.72. The highest BCUT2D eigenvalue weighted by molar-refractivity contribution is 6.33. The Bertz CT molecular complexity index is 743. The molecule has 0 atom stereocenters. The standard InChI is InChI=1S/C20H24ClN3O2/c1-3-24(4-2)16-11-9-15(10-12-16)23-19(25)13-14-22-20(26)17-7-5-6-8-18(17)21/h5-12H,3-4,13-14H2,1-2H3,(H,22,26)(H,23,25). The van der Waals surface area contributed by atoms with Crippen molar-refractivity contribution in [2.24, 2.45) is 0 Å². The van der Waals surface area contributed by atoms with Crippen LogP contribution in [0.4, 0.5) is 11.4 Å². The molecule has 0 aliphatic carbocycles. The zero-order valence-electron chi connectivity index (χ0n) is 15.1. The van der Waals surface area contributed by atoms with Gasteiger partial charge < -0.3 is 15.5 Å². The summed E-state index contributed by atoms with van der Waals surface area (Å²) in [6.07, 6.45) is 0.188. The van der Waals surface area contributed by atoms with E-state index in [1.54, 1.807) is 24.3 Å². The summed E-state index contributed by atoms with van der Waals surface area (Å²) in [6, 6.07) is 14.6. The molecule has 0 fully saturated rings. The number of nitrogens with one attached hydrogen (secondary N) is 2. The summed E-state index contributed by atoms with van der Waals surface area (Å²) < 4.78 is 0. The molecule has 0 bridgehead atoms. The first-order valence-corrected chi connectivity index (χ1v) is 9.10. The van der Waals surface area contributed by atoms with Crippen molar-refractivity contribution in [2.45, 2.75) is 20.3 Å². The number of nitrogens with zero attached hydrogens (tertiary/aromatic N) is 1. The number of hydrogen-bond acceptors (Lipinski definition) is 3. The van der Waals surface area contributed by atoms with E-state index < -0.39 is 0 Å². The Morgan fingerprint density at radius 3 is 2.27 bits per heavy atom. The van der Waals surface area contributed by atoms with Crippen molar-refractivity contribution >= 4 is 34.8 Å². The summed E-state index contributed by atoms with van der Waals surface area (Å²) >= 11 is 5.98. The van der Waals surface area contributed by atoms with E-state index in [0.717, 1.165) is 24.5 Å². The maximum Gasteiger partial charge on any atom is 0.252 e. The molecule has 0 saturated carbocycles. The first-order chi connectivity index (χ1) is 12.5. The predicted molar refractivity (Wildman–Crippen MR) is 107 cm³/mol. The van der Waals surface area contributed by atoms with Crippen molar-refractivity contribution in [1.29, 1.82) is 0 Å². The molecule has 2 amide bonds. The third-order valence-electron chi connectivity index (χ3n) is 4.04. The zero-order valence-corrected chi connectivity index (χ0v) is 15.8. The van der Waals surface area contributed by atoms with Crippen LogP contribution in [0.25, 0.3) is 0 Å². The lowest BCUT2D eigenvalue weighted by molar-refractivity contribution is -0.116. The van der Waals surface area contributed by atoms with E-state index in [1.165, 1.54) is 0 Å². The van der Waals surface area contributed by atoms with E-state index in [1.807, 2.05) is 24.3 Å². The van der Waals surface area contributed by atoms with Crippen molar-refractivity contribution < 1.29 is 9.59 Å². The van der Waals surface area contributed by atoms with Gasteiger partial charge >= 0.3 is 0 Å². The van der Waals surface area contributed by atoms with Crippen LogP contribution in [0.2, 0.25) is 5.02 Å². The first kappa shape index (κ1) is 19.8. The highest BCUT2D eigenvalue weighted by atomic mass is 35.5. The smallest absolute Gasteiger partial charge is 0.252 e. The molecule has 0 saturated heterocycles. The van der Waals surface area contributed by atoms with Gasteiger partial charge in [-0.25, -0.2) is 0 Å². The Morgan fingerprint density at radius 1 is 1.00 bits per heavy atom. The van der Waals surface area contributed by atoms with E-state index in [-0.39, 0.29) is 24.8 Å². The van der Waals surface area contributed by atoms with Crippen LogP contribution in [0.3, 0.4) is 0 Å². The van der Waals surface area contributed by atoms with E-state index in [2.05, 4.69) is 29.4 Å². The molecule has 26 heavy (non-hydrogen) atoms. The minimum absolute atomic E-state index is 0.153. The molecule has 0 spiro atoms. The quantitative estimate of drug-likeness (QED) is 0.736. The van der Waals surface area contributed by atoms with Crippen LogP contribution < -0.4 is 15.5 Å². The summed E-state index contributed by atoms with van der Waals surface area (Å²) in [5.74, 6) is -0.438. The molecule has 0 unspecified atom stereocenters. The fourth-order valence-corrected chi connectivity index (χ4v) is 2.82. The van der Waals surface area contributed by atoms with Crippen LogP contribution in [0.5, 0.6) is 0 Å². The molecule has 0 aliphatic rings. The predicted octanol–water partition coefficient (Wildman–Crippen LogP) is 3.94. The number of anilines is 2. The molecule has 0 heterocycles. The van der Waals surface area contributed by atoms with Gasteiger partial charge in [0.05, 0.1) is 10.6 Å². The average Bonchev–Trinajstić information content (AvgIpc) is 2.64. The fourth-order valence-electron chi connectivity index (χ4n) is 2.60. The van der Waals surface area contributed by atoms with Crippen LogP contribution in [0.15, 0.2) is 48.5 Å². The minimum Gasteiger partial charge on any atom is -0.372 e. The highest BCUT2D eigenvalue weighted by Crippen LogP contribution is 2.18. The van der Waals surface area contributed by atoms with Gasteiger partial charge in [0.25, 0.3) is 5.91 Å². The van der Waals surface area contributed by atoms with Gasteiger partial charge in [-0.15, -0.1) is 0 Å². The normalized spacial score (nSPS) is 10.3. The summed E-state index contributed by atoms with van der Waals surface area (Å²) in [5.41, 5.74) is 2.27. The highest BCUT2D eigenvalue weighted by Gasteiger charge is 2.10. The van der Waals surface area contributed by atoms with E-state index in [9.17, 15) is 9.59 Å². The third-order valence-corrected chi connectivity index (χ3v) is 4.37.